The van der Waals surface area contributed by atoms with E-state index in [1.54, 1.807) is 13.2 Å². The maximum Gasteiger partial charge on any atom is 0.185 e. The molecule has 8 nitrogen and oxygen atoms in total. The third-order valence-electron chi connectivity index (χ3n) is 6.90. The third kappa shape index (κ3) is 14.6. The first-order valence-electron chi connectivity index (χ1n) is 15.4. The molecule has 1 fully saturated rings. The molecular weight excluding hydrogens is 566 g/mol. The van der Waals surface area contributed by atoms with Gasteiger partial charge >= 0.3 is 0 Å². The van der Waals surface area contributed by atoms with Gasteiger partial charge in [-0.25, -0.2) is 0 Å². The SMILES string of the molecule is C=CC(CN=CN1CCCC1)NC.C=CCC(C=C)c1ccc2oc(C=O)c(C)c2c1.CC.CO.COc1cccc(CO)c1. The maximum absolute atomic E-state index is 10.9. The number of aldehydes is 1. The van der Waals surface area contributed by atoms with Crippen LogP contribution >= 0.6 is 0 Å². The number of rotatable bonds is 12. The van der Waals surface area contributed by atoms with E-state index in [0.29, 0.717) is 11.8 Å². The number of hydrogen-bond acceptors (Lipinski definition) is 7. The van der Waals surface area contributed by atoms with Crippen LogP contribution in [0.1, 0.15) is 66.3 Å². The van der Waals surface area contributed by atoms with Gasteiger partial charge in [-0.05, 0) is 68.6 Å². The number of benzene rings is 2. The molecule has 0 bridgehead atoms. The Balaban J connectivity index is 0.000000635. The smallest absolute Gasteiger partial charge is 0.185 e. The first-order chi connectivity index (χ1) is 21.9. The van der Waals surface area contributed by atoms with Gasteiger partial charge in [-0.2, -0.15) is 0 Å². The number of aliphatic hydroxyl groups excluding tert-OH is 2. The minimum atomic E-state index is 0.0667. The van der Waals surface area contributed by atoms with E-state index >= 15 is 0 Å². The van der Waals surface area contributed by atoms with E-state index in [9.17, 15) is 4.79 Å². The molecule has 0 radical (unpaired) electrons. The summed E-state index contributed by atoms with van der Waals surface area (Å²) < 4.78 is 10.4. The van der Waals surface area contributed by atoms with E-state index in [0.717, 1.165) is 54.2 Å². The second-order valence-electron chi connectivity index (χ2n) is 9.70. The van der Waals surface area contributed by atoms with E-state index in [2.05, 4.69) is 41.0 Å². The summed E-state index contributed by atoms with van der Waals surface area (Å²) in [6.07, 6.45) is 11.9. The van der Waals surface area contributed by atoms with Crippen molar-refractivity contribution in [2.24, 2.45) is 4.99 Å². The van der Waals surface area contributed by atoms with Crippen LogP contribution in [0.3, 0.4) is 0 Å². The lowest BCUT2D eigenvalue weighted by atomic mass is 9.94. The average molecular weight is 622 g/mol. The molecule has 2 unspecified atom stereocenters. The van der Waals surface area contributed by atoms with E-state index < -0.39 is 0 Å². The molecule has 2 heterocycles. The molecule has 1 aliphatic rings. The molecule has 4 rings (SSSR count). The monoisotopic (exact) mass is 621 g/mol. The van der Waals surface area contributed by atoms with Gasteiger partial charge < -0.3 is 29.6 Å². The summed E-state index contributed by atoms with van der Waals surface area (Å²) in [5.41, 5.74) is 3.68. The number of carbonyl (C=O) groups is 1. The highest BCUT2D eigenvalue weighted by atomic mass is 16.5. The summed E-state index contributed by atoms with van der Waals surface area (Å²) in [6.45, 7) is 20.4. The van der Waals surface area contributed by atoms with Crippen LogP contribution in [0.4, 0.5) is 0 Å². The third-order valence-corrected chi connectivity index (χ3v) is 6.90. The lowest BCUT2D eigenvalue weighted by molar-refractivity contribution is 0.110. The zero-order valence-corrected chi connectivity index (χ0v) is 28.2. The Kier molecular flexibility index (Phi) is 23.1. The molecule has 45 heavy (non-hydrogen) atoms. The van der Waals surface area contributed by atoms with E-state index in [1.807, 2.05) is 82.7 Å². The molecule has 0 aliphatic carbocycles. The lowest BCUT2D eigenvalue weighted by Crippen LogP contribution is -2.26. The minimum absolute atomic E-state index is 0.0667. The first-order valence-corrected chi connectivity index (χ1v) is 15.4. The van der Waals surface area contributed by atoms with Crippen molar-refractivity contribution in [1.29, 1.82) is 0 Å². The molecule has 0 spiro atoms. The Hall–Kier alpha value is -3.98. The number of aliphatic hydroxyl groups is 2. The number of furan rings is 1. The van der Waals surface area contributed by atoms with Crippen molar-refractivity contribution in [1.82, 2.24) is 10.2 Å². The minimum Gasteiger partial charge on any atom is -0.497 e. The van der Waals surface area contributed by atoms with Crippen molar-refractivity contribution in [3.05, 3.63) is 103 Å². The van der Waals surface area contributed by atoms with Crippen LogP contribution in [0.5, 0.6) is 5.75 Å². The summed E-state index contributed by atoms with van der Waals surface area (Å²) in [4.78, 5) is 17.5. The zero-order chi connectivity index (χ0) is 34.0. The number of ether oxygens (including phenoxy) is 1. The number of likely N-dealkylation sites (N-methyl/N-ethyl adjacent to an activating group) is 1. The van der Waals surface area contributed by atoms with Gasteiger partial charge in [-0.1, -0.05) is 50.3 Å². The van der Waals surface area contributed by atoms with Crippen molar-refractivity contribution in [2.45, 2.75) is 58.6 Å². The highest BCUT2D eigenvalue weighted by Gasteiger charge is 2.13. The Bertz CT molecular complexity index is 1260. The molecule has 2 aromatic carbocycles. The zero-order valence-electron chi connectivity index (χ0n) is 28.2. The van der Waals surface area contributed by atoms with Gasteiger partial charge in [0.25, 0.3) is 0 Å². The summed E-state index contributed by atoms with van der Waals surface area (Å²) in [5.74, 6) is 1.44. The van der Waals surface area contributed by atoms with Crippen LogP contribution in [-0.2, 0) is 6.61 Å². The summed E-state index contributed by atoms with van der Waals surface area (Å²) in [7, 11) is 4.54. The number of fused-ring (bicyclic) bond motifs is 1. The van der Waals surface area contributed by atoms with Gasteiger partial charge in [0.1, 0.15) is 11.3 Å². The van der Waals surface area contributed by atoms with Gasteiger partial charge in [0, 0.05) is 43.1 Å². The summed E-state index contributed by atoms with van der Waals surface area (Å²) in [5, 5.41) is 19.8. The second kappa shape index (κ2) is 25.4. The maximum atomic E-state index is 10.9. The number of carbonyl (C=O) groups excluding carboxylic acids is 1. The number of methoxy groups -OCH3 is 1. The Morgan fingerprint density at radius 2 is 1.78 bits per heavy atom. The topological polar surface area (TPSA) is 108 Å². The number of nitrogens with one attached hydrogen (secondary N) is 1. The lowest BCUT2D eigenvalue weighted by Gasteiger charge is -2.11. The molecule has 2 atom stereocenters. The number of likely N-dealkylation sites (tertiary alicyclic amines) is 1. The molecule has 248 valence electrons. The standard InChI is InChI=1S/C16H16O2.C10H19N3.C8H10O2.C2H6.CH4O/c1-4-6-12(5-2)13-7-8-15-14(9-13)11(3)16(10-17)18-15;1-3-10(11-2)8-12-9-13-6-4-5-7-13;1-10-8-4-2-3-7(5-8)6-9;2*1-2/h4-5,7-10,12H,1-2,6H2,3H3;3,9-11H,1,4-8H2,2H3;2-5,9H,6H2,1H3;1-2H3;2H,1H3. The van der Waals surface area contributed by atoms with Crippen LogP contribution in [0.15, 0.2) is 89.8 Å². The number of allylic oxidation sites excluding steroid dienone is 2. The fourth-order valence-electron chi connectivity index (χ4n) is 4.34. The molecule has 0 amide bonds. The van der Waals surface area contributed by atoms with Crippen molar-refractivity contribution in [3.8, 4) is 5.75 Å². The molecular formula is C37H55N3O5. The predicted octanol–water partition coefficient (Wildman–Crippen LogP) is 7.11. The Labute approximate surface area is 270 Å². The quantitative estimate of drug-likeness (QED) is 0.0857. The van der Waals surface area contributed by atoms with Crippen LogP contribution < -0.4 is 10.1 Å². The van der Waals surface area contributed by atoms with Crippen molar-refractivity contribution in [2.75, 3.05) is 40.9 Å². The predicted molar refractivity (Wildman–Crippen MR) is 190 cm³/mol. The van der Waals surface area contributed by atoms with Gasteiger partial charge in [0.15, 0.2) is 12.0 Å². The largest absolute Gasteiger partial charge is 0.497 e. The first kappa shape index (κ1) is 41.0. The van der Waals surface area contributed by atoms with Crippen LogP contribution in [0, 0.1) is 6.92 Å². The number of aryl methyl sites for hydroxylation is 1. The second-order valence-corrected chi connectivity index (χ2v) is 9.70. The number of nitrogens with zero attached hydrogens (tertiary/aromatic N) is 2. The van der Waals surface area contributed by atoms with E-state index in [-0.39, 0.29) is 12.5 Å². The van der Waals surface area contributed by atoms with Crippen LogP contribution in [-0.4, -0.2) is 74.7 Å². The van der Waals surface area contributed by atoms with Gasteiger partial charge in [0.05, 0.1) is 26.6 Å². The van der Waals surface area contributed by atoms with E-state index in [4.69, 9.17) is 19.4 Å². The molecule has 8 heteroatoms. The average Bonchev–Trinajstić information content (AvgIpc) is 3.75. The summed E-state index contributed by atoms with van der Waals surface area (Å²) in [6, 6.07) is 13.6. The van der Waals surface area contributed by atoms with Gasteiger partial charge in [-0.15, -0.1) is 19.7 Å². The highest BCUT2D eigenvalue weighted by Crippen LogP contribution is 2.29. The van der Waals surface area contributed by atoms with Crippen molar-refractivity contribution < 1.29 is 24.2 Å². The number of aliphatic imine (C=N–C) groups is 1. The molecule has 1 aliphatic heterocycles. The normalized spacial score (nSPS) is 12.9. The Morgan fingerprint density at radius 3 is 2.31 bits per heavy atom. The van der Waals surface area contributed by atoms with Gasteiger partial charge in [-0.3, -0.25) is 9.79 Å². The molecule has 0 saturated carbocycles. The fraction of sp³-hybridized carbons (Fsp3) is 0.405. The van der Waals surface area contributed by atoms with Gasteiger partial charge in [0.2, 0.25) is 0 Å². The van der Waals surface area contributed by atoms with Crippen molar-refractivity contribution in [3.63, 3.8) is 0 Å². The van der Waals surface area contributed by atoms with Crippen LogP contribution in [0.2, 0.25) is 0 Å². The number of hydrogen-bond donors (Lipinski definition) is 3. The molecule has 1 saturated heterocycles. The van der Waals surface area contributed by atoms with Crippen LogP contribution in [0.25, 0.3) is 11.0 Å². The highest BCUT2D eigenvalue weighted by molar-refractivity contribution is 5.89. The molecule has 1 aromatic heterocycles. The van der Waals surface area contributed by atoms with Crippen molar-refractivity contribution >= 4 is 23.6 Å². The molecule has 3 aromatic rings. The fourth-order valence-corrected chi connectivity index (χ4v) is 4.34. The molecule has 3 N–H and O–H groups in total. The Morgan fingerprint density at radius 1 is 1.09 bits per heavy atom. The summed E-state index contributed by atoms with van der Waals surface area (Å²) >= 11 is 0. The van der Waals surface area contributed by atoms with E-state index in [1.165, 1.54) is 31.5 Å².